The molecule has 0 aliphatic rings. The van der Waals surface area contributed by atoms with Crippen LogP contribution in [0.3, 0.4) is 0 Å². The van der Waals surface area contributed by atoms with E-state index in [1.807, 2.05) is 10.9 Å². The highest BCUT2D eigenvalue weighted by molar-refractivity contribution is 5.73. The van der Waals surface area contributed by atoms with Crippen molar-refractivity contribution < 1.29 is 23.9 Å². The van der Waals surface area contributed by atoms with E-state index < -0.39 is 18.2 Å². The van der Waals surface area contributed by atoms with Gasteiger partial charge in [0, 0.05) is 0 Å². The summed E-state index contributed by atoms with van der Waals surface area (Å²) >= 11 is 0. The molecule has 8 N–H and O–H groups in total. The van der Waals surface area contributed by atoms with Crippen LogP contribution in [-0.4, -0.2) is 32.4 Å². The van der Waals surface area contributed by atoms with Crippen molar-refractivity contribution in [3.05, 3.63) is 0 Å². The van der Waals surface area contributed by atoms with Gasteiger partial charge in [-0.3, -0.25) is 10.9 Å². The minimum absolute atomic E-state index is 0.602. The Morgan fingerprint density at radius 2 is 1.19 bits per heavy atom. The van der Waals surface area contributed by atoms with Crippen LogP contribution < -0.4 is 33.4 Å². The van der Waals surface area contributed by atoms with Gasteiger partial charge in [-0.25, -0.2) is 36.9 Å². The standard InChI is InChI=1S/C4H8N2O4.CH6N4O/c1-9-3(7)5-6-4(8)10-2;2-4-1(6)5-3/h1-2H3,(H,5,7)(H,6,8);2-3H2,(H2,4,5,6). The molecular formula is C5H14N6O5. The van der Waals surface area contributed by atoms with Crippen molar-refractivity contribution in [2.45, 2.75) is 0 Å². The van der Waals surface area contributed by atoms with Crippen LogP contribution in [0.25, 0.3) is 0 Å². The van der Waals surface area contributed by atoms with Gasteiger partial charge in [-0.1, -0.05) is 0 Å². The van der Waals surface area contributed by atoms with Gasteiger partial charge in [0.25, 0.3) is 0 Å². The zero-order valence-corrected chi connectivity index (χ0v) is 8.70. The summed E-state index contributed by atoms with van der Waals surface area (Å²) in [5, 5.41) is 0. The quantitative estimate of drug-likeness (QED) is 0.156. The molecule has 0 rings (SSSR count). The molecule has 0 aromatic rings. The number of carbonyl (C=O) groups excluding carboxylic acids is 3. The Morgan fingerprint density at radius 1 is 0.875 bits per heavy atom. The maximum Gasteiger partial charge on any atom is 0.425 e. The lowest BCUT2D eigenvalue weighted by Crippen LogP contribution is -2.43. The Balaban J connectivity index is 0. The third-order valence-corrected chi connectivity index (χ3v) is 0.900. The van der Waals surface area contributed by atoms with E-state index in [0.29, 0.717) is 0 Å². The Bertz CT molecular complexity index is 211. The molecule has 94 valence electrons. The van der Waals surface area contributed by atoms with Gasteiger partial charge in [-0.15, -0.1) is 0 Å². The fraction of sp³-hybridized carbons (Fsp3) is 0.400. The van der Waals surface area contributed by atoms with Crippen molar-refractivity contribution in [1.82, 2.24) is 21.7 Å². The van der Waals surface area contributed by atoms with E-state index in [1.54, 1.807) is 10.9 Å². The number of nitrogens with one attached hydrogen (secondary N) is 4. The topological polar surface area (TPSA) is 170 Å². The second-order valence-electron chi connectivity index (χ2n) is 1.85. The fourth-order valence-electron chi connectivity index (χ4n) is 0.246. The Labute approximate surface area is 90.7 Å². The number of carbonyl (C=O) groups is 3. The van der Waals surface area contributed by atoms with Gasteiger partial charge in [0.2, 0.25) is 0 Å². The van der Waals surface area contributed by atoms with E-state index in [0.717, 1.165) is 0 Å². The first kappa shape index (κ1) is 16.2. The summed E-state index contributed by atoms with van der Waals surface area (Å²) in [5.74, 6) is 9.08. The minimum atomic E-state index is -0.759. The lowest BCUT2D eigenvalue weighted by atomic mass is 11.1. The second kappa shape index (κ2) is 10.8. The number of amides is 4. The van der Waals surface area contributed by atoms with E-state index in [4.69, 9.17) is 0 Å². The largest absolute Gasteiger partial charge is 0.452 e. The predicted molar refractivity (Wildman–Crippen MR) is 51.1 cm³/mol. The molecule has 0 unspecified atom stereocenters. The van der Waals surface area contributed by atoms with E-state index in [-0.39, 0.29) is 0 Å². The van der Waals surface area contributed by atoms with Gasteiger partial charge in [0.15, 0.2) is 0 Å². The molecule has 11 heteroatoms. The number of ether oxygens (including phenoxy) is 2. The number of methoxy groups -OCH3 is 2. The molecule has 0 aliphatic heterocycles. The minimum Gasteiger partial charge on any atom is -0.452 e. The van der Waals surface area contributed by atoms with Crippen LogP contribution >= 0.6 is 0 Å². The number of urea groups is 1. The normalized spacial score (nSPS) is 7.50. The highest BCUT2D eigenvalue weighted by Gasteiger charge is 2.00. The molecule has 0 saturated heterocycles. The molecule has 0 spiro atoms. The molecular weight excluding hydrogens is 224 g/mol. The van der Waals surface area contributed by atoms with E-state index in [9.17, 15) is 14.4 Å². The number of hydrazine groups is 3. The van der Waals surface area contributed by atoms with Crippen LogP contribution in [0.1, 0.15) is 0 Å². The average molecular weight is 238 g/mol. The van der Waals surface area contributed by atoms with E-state index in [1.165, 1.54) is 14.2 Å². The van der Waals surface area contributed by atoms with E-state index >= 15 is 0 Å². The number of hydrogen-bond acceptors (Lipinski definition) is 7. The van der Waals surface area contributed by atoms with Gasteiger partial charge >= 0.3 is 18.2 Å². The highest BCUT2D eigenvalue weighted by Crippen LogP contribution is 1.69. The molecule has 0 fully saturated rings. The third-order valence-electron chi connectivity index (χ3n) is 0.900. The molecule has 0 aromatic carbocycles. The monoisotopic (exact) mass is 238 g/mol. The molecule has 4 amide bonds. The third kappa shape index (κ3) is 11.7. The van der Waals surface area contributed by atoms with Gasteiger partial charge in [-0.2, -0.15) is 0 Å². The predicted octanol–water partition coefficient (Wildman–Crippen LogP) is -2.35. The first-order chi connectivity index (χ1) is 7.51. The number of rotatable bonds is 0. The van der Waals surface area contributed by atoms with Crippen molar-refractivity contribution in [2.24, 2.45) is 11.7 Å². The van der Waals surface area contributed by atoms with Crippen molar-refractivity contribution in [3.8, 4) is 0 Å². The second-order valence-corrected chi connectivity index (χ2v) is 1.85. The molecule has 0 atom stereocenters. The fourth-order valence-corrected chi connectivity index (χ4v) is 0.246. The molecule has 0 saturated carbocycles. The Hall–Kier alpha value is -2.27. The number of hydrogen-bond donors (Lipinski definition) is 6. The van der Waals surface area contributed by atoms with Crippen LogP contribution in [0.5, 0.6) is 0 Å². The Kier molecular flexibility index (Phi) is 10.9. The van der Waals surface area contributed by atoms with Gasteiger partial charge in [0.05, 0.1) is 14.2 Å². The van der Waals surface area contributed by atoms with Gasteiger partial charge < -0.3 is 9.47 Å². The summed E-state index contributed by atoms with van der Waals surface area (Å²) in [6.45, 7) is 0. The van der Waals surface area contributed by atoms with Gasteiger partial charge in [0.1, 0.15) is 0 Å². The van der Waals surface area contributed by atoms with Crippen molar-refractivity contribution >= 4 is 18.2 Å². The van der Waals surface area contributed by atoms with Gasteiger partial charge in [-0.05, 0) is 0 Å². The molecule has 0 heterocycles. The van der Waals surface area contributed by atoms with Crippen molar-refractivity contribution in [1.29, 1.82) is 0 Å². The maximum atomic E-state index is 10.2. The summed E-state index contributed by atoms with van der Waals surface area (Å²) in [6, 6.07) is -0.602. The van der Waals surface area contributed by atoms with Crippen LogP contribution in [0, 0.1) is 0 Å². The Morgan fingerprint density at radius 3 is 1.31 bits per heavy atom. The smallest absolute Gasteiger partial charge is 0.425 e. The van der Waals surface area contributed by atoms with Crippen LogP contribution in [0.4, 0.5) is 14.4 Å². The zero-order valence-electron chi connectivity index (χ0n) is 8.70. The molecule has 0 radical (unpaired) electrons. The SMILES string of the molecule is COC(=O)NNC(=O)OC.NNC(=O)NN. The van der Waals surface area contributed by atoms with Crippen LogP contribution in [0.15, 0.2) is 0 Å². The summed E-state index contributed by atoms with van der Waals surface area (Å²) < 4.78 is 8.25. The average Bonchev–Trinajstić information content (AvgIpc) is 2.34. The van der Waals surface area contributed by atoms with Crippen LogP contribution in [0.2, 0.25) is 0 Å². The lowest BCUT2D eigenvalue weighted by molar-refractivity contribution is 0.148. The molecule has 11 nitrogen and oxygen atoms in total. The van der Waals surface area contributed by atoms with Crippen LogP contribution in [-0.2, 0) is 9.47 Å². The van der Waals surface area contributed by atoms with Crippen molar-refractivity contribution in [3.63, 3.8) is 0 Å². The maximum absolute atomic E-state index is 10.2. The lowest BCUT2D eigenvalue weighted by Gasteiger charge is -2.02. The summed E-state index contributed by atoms with van der Waals surface area (Å²) in [6.07, 6.45) is -1.52. The zero-order chi connectivity index (χ0) is 13.0. The summed E-state index contributed by atoms with van der Waals surface area (Å²) in [4.78, 5) is 30.2. The molecule has 16 heavy (non-hydrogen) atoms. The van der Waals surface area contributed by atoms with E-state index in [2.05, 4.69) is 21.2 Å². The first-order valence-electron chi connectivity index (χ1n) is 3.66. The highest BCUT2D eigenvalue weighted by atomic mass is 16.6. The first-order valence-corrected chi connectivity index (χ1v) is 3.66. The summed E-state index contributed by atoms with van der Waals surface area (Å²) in [5.41, 5.74) is 7.27. The molecule has 0 aliphatic carbocycles. The summed E-state index contributed by atoms with van der Waals surface area (Å²) in [7, 11) is 2.35. The number of nitrogens with two attached hydrogens (primary N) is 2. The molecule has 0 bridgehead atoms. The van der Waals surface area contributed by atoms with Crippen molar-refractivity contribution in [2.75, 3.05) is 14.2 Å². The molecule has 0 aromatic heterocycles.